The van der Waals surface area contributed by atoms with E-state index < -0.39 is 27.2 Å². The van der Waals surface area contributed by atoms with Gasteiger partial charge in [-0.05, 0) is 6.92 Å². The minimum atomic E-state index is -1.23. The molecule has 0 aromatic heterocycles. The smallest absolute Gasteiger partial charge is 0.221 e. The lowest BCUT2D eigenvalue weighted by Crippen LogP contribution is -2.34. The Morgan fingerprint density at radius 3 is 1.67 bits per heavy atom. The van der Waals surface area contributed by atoms with Crippen molar-refractivity contribution in [3.63, 3.8) is 0 Å². The number of rotatable bonds is 0. The molecule has 2 atom stereocenters. The summed E-state index contributed by atoms with van der Waals surface area (Å²) in [5, 5.41) is -0.633. The van der Waals surface area contributed by atoms with E-state index in [1.807, 2.05) is 0 Å². The molecule has 0 unspecified atom stereocenters. The number of ketones is 2. The van der Waals surface area contributed by atoms with Crippen molar-refractivity contribution in [2.24, 2.45) is 5.41 Å². The third-order valence-electron chi connectivity index (χ3n) is 2.35. The molecule has 1 saturated carbocycles. The number of halogens is 2. The maximum Gasteiger partial charge on any atom is 0.221 e. The molecular weight excluding hydrogens is 199 g/mol. The Balaban J connectivity index is 3.21. The van der Waals surface area contributed by atoms with E-state index in [2.05, 4.69) is 0 Å². The van der Waals surface area contributed by atoms with Gasteiger partial charge in [0.1, 0.15) is 4.87 Å². The second-order valence-electron chi connectivity index (χ2n) is 3.82. The van der Waals surface area contributed by atoms with Gasteiger partial charge in [-0.15, -0.1) is 23.2 Å². The molecule has 0 saturated heterocycles. The van der Waals surface area contributed by atoms with Crippen LogP contribution in [0.4, 0.5) is 0 Å². The number of hydrogen-bond donors (Lipinski definition) is 0. The summed E-state index contributed by atoms with van der Waals surface area (Å²) in [7, 11) is 0. The van der Waals surface area contributed by atoms with E-state index in [9.17, 15) is 9.59 Å². The Morgan fingerprint density at radius 1 is 1.17 bits per heavy atom. The third-order valence-corrected chi connectivity index (χ3v) is 3.83. The van der Waals surface area contributed by atoms with Crippen molar-refractivity contribution in [3.8, 4) is 0 Å². The van der Waals surface area contributed by atoms with E-state index in [1.165, 1.54) is 6.92 Å². The maximum atomic E-state index is 11.3. The van der Waals surface area contributed by atoms with Crippen LogP contribution in [0.25, 0.3) is 0 Å². The molecule has 0 N–H and O–H groups in total. The average Bonchev–Trinajstić information content (AvgIpc) is 2.06. The molecule has 1 rings (SSSR count). The highest BCUT2D eigenvalue weighted by atomic mass is 35.5. The summed E-state index contributed by atoms with van der Waals surface area (Å²) in [6.45, 7) is 4.76. The summed E-state index contributed by atoms with van der Waals surface area (Å²) >= 11 is 11.8. The fourth-order valence-corrected chi connectivity index (χ4v) is 1.98. The van der Waals surface area contributed by atoms with Crippen LogP contribution in [0.15, 0.2) is 0 Å². The van der Waals surface area contributed by atoms with Crippen molar-refractivity contribution in [2.45, 2.75) is 31.0 Å². The van der Waals surface area contributed by atoms with Crippen molar-refractivity contribution in [2.75, 3.05) is 0 Å². The van der Waals surface area contributed by atoms with Crippen LogP contribution in [0.1, 0.15) is 20.8 Å². The van der Waals surface area contributed by atoms with Crippen LogP contribution >= 0.6 is 23.2 Å². The van der Waals surface area contributed by atoms with Crippen molar-refractivity contribution in [1.29, 1.82) is 0 Å². The van der Waals surface area contributed by atoms with Gasteiger partial charge in [-0.25, -0.2) is 0 Å². The highest BCUT2D eigenvalue weighted by Gasteiger charge is 2.60. The normalized spacial score (nSPS) is 40.6. The summed E-state index contributed by atoms with van der Waals surface area (Å²) in [5.41, 5.74) is -0.838. The Bertz CT molecular complexity index is 230. The van der Waals surface area contributed by atoms with Crippen molar-refractivity contribution in [1.82, 2.24) is 0 Å². The van der Waals surface area contributed by atoms with Crippen LogP contribution in [-0.2, 0) is 9.59 Å². The van der Waals surface area contributed by atoms with Gasteiger partial charge in [0.25, 0.3) is 0 Å². The van der Waals surface area contributed by atoms with Gasteiger partial charge < -0.3 is 0 Å². The zero-order valence-electron chi connectivity index (χ0n) is 7.15. The molecule has 4 heteroatoms. The molecule has 12 heavy (non-hydrogen) atoms. The van der Waals surface area contributed by atoms with E-state index in [-0.39, 0.29) is 0 Å². The van der Waals surface area contributed by atoms with Crippen LogP contribution in [0.5, 0.6) is 0 Å². The predicted molar refractivity (Wildman–Crippen MR) is 47.7 cm³/mol. The number of carbonyl (C=O) groups excluding carboxylic acids is 2. The van der Waals surface area contributed by atoms with Gasteiger partial charge in [-0.3, -0.25) is 9.59 Å². The minimum Gasteiger partial charge on any atom is -0.290 e. The number of Topliss-reactive ketones (excluding diaryl/α,β-unsaturated/α-hetero) is 2. The first-order valence-corrected chi connectivity index (χ1v) is 4.46. The van der Waals surface area contributed by atoms with Crippen molar-refractivity contribution < 1.29 is 9.59 Å². The molecule has 0 bridgehead atoms. The first-order chi connectivity index (χ1) is 5.22. The summed E-state index contributed by atoms with van der Waals surface area (Å²) in [6, 6.07) is 0. The van der Waals surface area contributed by atoms with Crippen molar-refractivity contribution in [3.05, 3.63) is 0 Å². The fraction of sp³-hybridized carbons (Fsp3) is 0.750. The average molecular weight is 209 g/mol. The van der Waals surface area contributed by atoms with Crippen LogP contribution < -0.4 is 0 Å². The van der Waals surface area contributed by atoms with E-state index in [0.29, 0.717) is 0 Å². The lowest BCUT2D eigenvalue weighted by Gasteiger charge is -2.24. The Kier molecular flexibility index (Phi) is 2.05. The lowest BCUT2D eigenvalue weighted by molar-refractivity contribution is -0.138. The zero-order valence-corrected chi connectivity index (χ0v) is 8.66. The molecule has 0 spiro atoms. The SMILES string of the molecule is CC1(C)C(=O)C(=O)[C@](C)(Cl)[C@@H]1Cl. The highest BCUT2D eigenvalue weighted by Crippen LogP contribution is 2.45. The Hall–Kier alpha value is -0.0800. The van der Waals surface area contributed by atoms with Gasteiger partial charge in [0.2, 0.25) is 11.6 Å². The standard InChI is InChI=1S/C8H10Cl2O2/c1-7(2)4(11)5(12)8(3,10)6(7)9/h6H,1-3H3/t6-,8+/m1/s1. The summed E-state index contributed by atoms with van der Waals surface area (Å²) < 4.78 is 0. The second kappa shape index (κ2) is 2.46. The van der Waals surface area contributed by atoms with E-state index in [1.54, 1.807) is 13.8 Å². The number of alkyl halides is 2. The topological polar surface area (TPSA) is 34.1 Å². The van der Waals surface area contributed by atoms with Crippen LogP contribution in [-0.4, -0.2) is 21.8 Å². The van der Waals surface area contributed by atoms with E-state index in [0.717, 1.165) is 0 Å². The van der Waals surface area contributed by atoms with E-state index >= 15 is 0 Å². The first-order valence-electron chi connectivity index (χ1n) is 3.64. The number of carbonyl (C=O) groups is 2. The molecule has 1 fully saturated rings. The molecule has 0 aromatic carbocycles. The second-order valence-corrected chi connectivity index (χ2v) is 5.04. The molecule has 0 heterocycles. The van der Waals surface area contributed by atoms with Gasteiger partial charge in [-0.1, -0.05) is 13.8 Å². The van der Waals surface area contributed by atoms with Crippen molar-refractivity contribution >= 4 is 34.8 Å². The van der Waals surface area contributed by atoms with Crippen LogP contribution in [0, 0.1) is 5.41 Å². The number of hydrogen-bond acceptors (Lipinski definition) is 2. The minimum absolute atomic E-state index is 0.472. The third kappa shape index (κ3) is 1.01. The Labute approximate surface area is 81.2 Å². The molecule has 0 amide bonds. The summed E-state index contributed by atoms with van der Waals surface area (Å²) in [4.78, 5) is 21.4. The van der Waals surface area contributed by atoms with Crippen LogP contribution in [0.3, 0.4) is 0 Å². The van der Waals surface area contributed by atoms with Gasteiger partial charge in [0, 0.05) is 5.41 Å². The quantitative estimate of drug-likeness (QED) is 0.450. The van der Waals surface area contributed by atoms with E-state index in [4.69, 9.17) is 23.2 Å². The largest absolute Gasteiger partial charge is 0.290 e. The summed E-state index contributed by atoms with van der Waals surface area (Å²) in [6.07, 6.45) is 0. The van der Waals surface area contributed by atoms with Gasteiger partial charge in [0.15, 0.2) is 0 Å². The molecule has 0 radical (unpaired) electrons. The first kappa shape index (κ1) is 10.0. The Morgan fingerprint density at radius 2 is 1.58 bits per heavy atom. The van der Waals surface area contributed by atoms with Gasteiger partial charge in [-0.2, -0.15) is 0 Å². The highest BCUT2D eigenvalue weighted by molar-refractivity contribution is 6.60. The molecule has 2 nitrogen and oxygen atoms in total. The molecule has 0 aliphatic heterocycles. The van der Waals surface area contributed by atoms with Crippen LogP contribution in [0.2, 0.25) is 0 Å². The lowest BCUT2D eigenvalue weighted by atomic mass is 9.89. The molecule has 1 aliphatic rings. The maximum absolute atomic E-state index is 11.3. The molecule has 1 aliphatic carbocycles. The predicted octanol–water partition coefficient (Wildman–Crippen LogP) is 1.77. The zero-order chi connectivity index (χ0) is 9.73. The molecular formula is C8H10Cl2O2. The fourth-order valence-electron chi connectivity index (χ4n) is 1.42. The molecule has 0 aromatic rings. The van der Waals surface area contributed by atoms with Gasteiger partial charge >= 0.3 is 0 Å². The monoisotopic (exact) mass is 208 g/mol. The molecule has 68 valence electrons. The summed E-state index contributed by atoms with van der Waals surface area (Å²) in [5.74, 6) is -1.05. The van der Waals surface area contributed by atoms with Gasteiger partial charge in [0.05, 0.1) is 5.38 Å².